The number of pyridine rings is 1. The molecule has 2 N–H and O–H groups in total. The van der Waals surface area contributed by atoms with Crippen molar-refractivity contribution in [2.75, 3.05) is 38.3 Å². The van der Waals surface area contributed by atoms with E-state index in [-0.39, 0.29) is 24.2 Å². The number of ether oxygens (including phenoxy) is 1. The van der Waals surface area contributed by atoms with E-state index < -0.39 is 4.92 Å². The SMILES string of the molecule is COc1ccc([N+](=O)[O-])c(N(CCO)CC2CCCN2)n1. The summed E-state index contributed by atoms with van der Waals surface area (Å²) >= 11 is 0. The van der Waals surface area contributed by atoms with Crippen molar-refractivity contribution in [2.45, 2.75) is 18.9 Å². The molecule has 1 atom stereocenters. The summed E-state index contributed by atoms with van der Waals surface area (Å²) in [6, 6.07) is 3.10. The molecule has 21 heavy (non-hydrogen) atoms. The minimum absolute atomic E-state index is 0.0813. The second kappa shape index (κ2) is 7.19. The third-order valence-corrected chi connectivity index (χ3v) is 3.51. The van der Waals surface area contributed by atoms with E-state index in [2.05, 4.69) is 10.3 Å². The Morgan fingerprint density at radius 2 is 2.43 bits per heavy atom. The average Bonchev–Trinajstić information content (AvgIpc) is 2.99. The van der Waals surface area contributed by atoms with Crippen LogP contribution in [0.2, 0.25) is 0 Å². The zero-order chi connectivity index (χ0) is 15.2. The number of nitrogens with zero attached hydrogens (tertiary/aromatic N) is 3. The normalized spacial score (nSPS) is 17.7. The summed E-state index contributed by atoms with van der Waals surface area (Å²) in [6.07, 6.45) is 2.10. The average molecular weight is 296 g/mol. The van der Waals surface area contributed by atoms with E-state index in [1.807, 2.05) is 0 Å². The molecule has 8 heteroatoms. The molecule has 116 valence electrons. The molecular weight excluding hydrogens is 276 g/mol. The van der Waals surface area contributed by atoms with E-state index in [9.17, 15) is 15.2 Å². The molecule has 0 spiro atoms. The van der Waals surface area contributed by atoms with Gasteiger partial charge in [-0.2, -0.15) is 4.98 Å². The number of hydrogen-bond acceptors (Lipinski definition) is 7. The number of nitrogens with one attached hydrogen (secondary N) is 1. The van der Waals surface area contributed by atoms with Crippen LogP contribution < -0.4 is 15.0 Å². The van der Waals surface area contributed by atoms with E-state index in [4.69, 9.17) is 4.74 Å². The Hall–Kier alpha value is -1.93. The van der Waals surface area contributed by atoms with Gasteiger partial charge < -0.3 is 20.1 Å². The van der Waals surface area contributed by atoms with Crippen molar-refractivity contribution in [1.82, 2.24) is 10.3 Å². The van der Waals surface area contributed by atoms with Crippen LogP contribution >= 0.6 is 0 Å². The topological polar surface area (TPSA) is 101 Å². The minimum Gasteiger partial charge on any atom is -0.481 e. The Labute approximate surface area is 122 Å². The van der Waals surface area contributed by atoms with Crippen LogP contribution in [-0.2, 0) is 0 Å². The fraction of sp³-hybridized carbons (Fsp3) is 0.615. The van der Waals surface area contributed by atoms with Gasteiger partial charge in [0.15, 0.2) is 0 Å². The number of rotatable bonds is 7. The molecule has 0 bridgehead atoms. The third kappa shape index (κ3) is 3.79. The molecule has 0 radical (unpaired) electrons. The number of aliphatic hydroxyl groups excluding tert-OH is 1. The fourth-order valence-corrected chi connectivity index (χ4v) is 2.50. The number of methoxy groups -OCH3 is 1. The Bertz CT molecular complexity index is 491. The van der Waals surface area contributed by atoms with Crippen LogP contribution in [-0.4, -0.2) is 54.4 Å². The Morgan fingerprint density at radius 3 is 3.00 bits per heavy atom. The molecule has 0 amide bonds. The van der Waals surface area contributed by atoms with Gasteiger partial charge in [-0.05, 0) is 19.4 Å². The maximum absolute atomic E-state index is 11.2. The summed E-state index contributed by atoms with van der Waals surface area (Å²) in [6.45, 7) is 1.72. The quantitative estimate of drug-likeness (QED) is 0.559. The minimum atomic E-state index is -0.464. The number of anilines is 1. The summed E-state index contributed by atoms with van der Waals surface area (Å²) in [5.41, 5.74) is -0.0813. The van der Waals surface area contributed by atoms with Gasteiger partial charge in [-0.25, -0.2) is 0 Å². The number of nitro groups is 1. The number of hydrogen-bond donors (Lipinski definition) is 2. The lowest BCUT2D eigenvalue weighted by atomic mass is 10.2. The molecule has 0 saturated carbocycles. The first kappa shape index (κ1) is 15.5. The van der Waals surface area contributed by atoms with Crippen LogP contribution in [0.15, 0.2) is 12.1 Å². The highest BCUT2D eigenvalue weighted by Gasteiger charge is 2.25. The largest absolute Gasteiger partial charge is 0.481 e. The molecule has 1 unspecified atom stereocenters. The van der Waals surface area contributed by atoms with Crippen molar-refractivity contribution < 1.29 is 14.8 Å². The highest BCUT2D eigenvalue weighted by Crippen LogP contribution is 2.29. The van der Waals surface area contributed by atoms with Crippen molar-refractivity contribution in [1.29, 1.82) is 0 Å². The summed E-state index contributed by atoms with van der Waals surface area (Å²) in [4.78, 5) is 16.7. The van der Waals surface area contributed by atoms with E-state index in [1.165, 1.54) is 19.2 Å². The van der Waals surface area contributed by atoms with Crippen LogP contribution in [0.1, 0.15) is 12.8 Å². The molecule has 8 nitrogen and oxygen atoms in total. The first-order valence-electron chi connectivity index (χ1n) is 6.94. The van der Waals surface area contributed by atoms with Crippen LogP contribution in [0, 0.1) is 10.1 Å². The fourth-order valence-electron chi connectivity index (χ4n) is 2.50. The highest BCUT2D eigenvalue weighted by molar-refractivity contribution is 5.59. The lowest BCUT2D eigenvalue weighted by Crippen LogP contribution is -2.39. The van der Waals surface area contributed by atoms with Crippen molar-refractivity contribution in [3.63, 3.8) is 0 Å². The second-order valence-corrected chi connectivity index (χ2v) is 4.92. The van der Waals surface area contributed by atoms with Crippen molar-refractivity contribution in [2.24, 2.45) is 0 Å². The maximum atomic E-state index is 11.2. The molecule has 1 saturated heterocycles. The maximum Gasteiger partial charge on any atom is 0.311 e. The van der Waals surface area contributed by atoms with Gasteiger partial charge in [0.1, 0.15) is 0 Å². The third-order valence-electron chi connectivity index (χ3n) is 3.51. The van der Waals surface area contributed by atoms with Crippen LogP contribution in [0.25, 0.3) is 0 Å². The highest BCUT2D eigenvalue weighted by atomic mass is 16.6. The zero-order valence-corrected chi connectivity index (χ0v) is 12.0. The first-order valence-corrected chi connectivity index (χ1v) is 6.94. The van der Waals surface area contributed by atoms with Crippen molar-refractivity contribution >= 4 is 11.5 Å². The van der Waals surface area contributed by atoms with Crippen molar-refractivity contribution in [3.8, 4) is 5.88 Å². The lowest BCUT2D eigenvalue weighted by molar-refractivity contribution is -0.384. The second-order valence-electron chi connectivity index (χ2n) is 4.92. The Kier molecular flexibility index (Phi) is 5.29. The van der Waals surface area contributed by atoms with Crippen LogP contribution in [0.3, 0.4) is 0 Å². The standard InChI is InChI=1S/C13H20N4O4/c1-21-12-5-4-11(17(19)20)13(15-12)16(7-8-18)9-10-3-2-6-14-10/h4-5,10,14,18H,2-3,6-9H2,1H3. The summed E-state index contributed by atoms with van der Waals surface area (Å²) in [5.74, 6) is 0.556. The molecule has 2 rings (SSSR count). The van der Waals surface area contributed by atoms with Crippen LogP contribution in [0.5, 0.6) is 5.88 Å². The Balaban J connectivity index is 2.29. The molecule has 1 aromatic heterocycles. The molecule has 1 aliphatic rings. The molecule has 2 heterocycles. The predicted molar refractivity (Wildman–Crippen MR) is 77.8 cm³/mol. The lowest BCUT2D eigenvalue weighted by Gasteiger charge is -2.26. The van der Waals surface area contributed by atoms with Gasteiger partial charge >= 0.3 is 5.69 Å². The molecule has 1 aromatic rings. The van der Waals surface area contributed by atoms with E-state index in [0.29, 0.717) is 19.0 Å². The first-order chi connectivity index (χ1) is 10.2. The smallest absolute Gasteiger partial charge is 0.311 e. The van der Waals surface area contributed by atoms with Crippen LogP contribution in [0.4, 0.5) is 11.5 Å². The van der Waals surface area contributed by atoms with Crippen molar-refractivity contribution in [3.05, 3.63) is 22.2 Å². The van der Waals surface area contributed by atoms with Gasteiger partial charge in [0, 0.05) is 31.3 Å². The predicted octanol–water partition coefficient (Wildman–Crippen LogP) is 0.549. The molecule has 1 fully saturated rings. The summed E-state index contributed by atoms with van der Waals surface area (Å²) in [7, 11) is 1.47. The summed E-state index contributed by atoms with van der Waals surface area (Å²) < 4.78 is 5.05. The van der Waals surface area contributed by atoms with E-state index in [0.717, 1.165) is 19.4 Å². The summed E-state index contributed by atoms with van der Waals surface area (Å²) in [5, 5.41) is 23.8. The molecule has 0 aliphatic carbocycles. The zero-order valence-electron chi connectivity index (χ0n) is 12.0. The van der Waals surface area contributed by atoms with E-state index in [1.54, 1.807) is 4.90 Å². The van der Waals surface area contributed by atoms with Gasteiger partial charge in [-0.3, -0.25) is 10.1 Å². The van der Waals surface area contributed by atoms with Gasteiger partial charge in [0.2, 0.25) is 11.7 Å². The molecule has 1 aliphatic heterocycles. The van der Waals surface area contributed by atoms with Gasteiger partial charge in [-0.15, -0.1) is 0 Å². The molecular formula is C13H20N4O4. The molecule has 0 aromatic carbocycles. The monoisotopic (exact) mass is 296 g/mol. The number of aromatic nitrogens is 1. The van der Waals surface area contributed by atoms with Gasteiger partial charge in [0.25, 0.3) is 0 Å². The van der Waals surface area contributed by atoms with E-state index >= 15 is 0 Å². The number of aliphatic hydroxyl groups is 1. The van der Waals surface area contributed by atoms with Gasteiger partial charge in [0.05, 0.1) is 18.6 Å². The van der Waals surface area contributed by atoms with Gasteiger partial charge in [-0.1, -0.05) is 0 Å². The Morgan fingerprint density at radius 1 is 1.62 bits per heavy atom.